The molecule has 0 saturated carbocycles. The Balaban J connectivity index is 3.22. The highest BCUT2D eigenvalue weighted by Crippen LogP contribution is 2.13. The predicted octanol–water partition coefficient (Wildman–Crippen LogP) is 1.52. The molecule has 0 aromatic heterocycles. The second-order valence-electron chi connectivity index (χ2n) is 2.66. The highest BCUT2D eigenvalue weighted by atomic mass is 28.4. The first-order valence-electron chi connectivity index (χ1n) is 3.54. The Morgan fingerprint density at radius 3 is 2.45 bits per heavy atom. The molecule has 5 heteroatoms. The van der Waals surface area contributed by atoms with Crippen LogP contribution in [0.5, 0.6) is 0 Å². The van der Waals surface area contributed by atoms with E-state index in [4.69, 9.17) is 0 Å². The summed E-state index contributed by atoms with van der Waals surface area (Å²) in [6.07, 6.45) is 0.384. The van der Waals surface area contributed by atoms with Gasteiger partial charge >= 0.3 is 8.74 Å². The van der Waals surface area contributed by atoms with Gasteiger partial charge in [0.1, 0.15) is 0 Å². The molecule has 0 aliphatic carbocycles. The fourth-order valence-corrected chi connectivity index (χ4v) is 1.46. The van der Waals surface area contributed by atoms with Crippen molar-refractivity contribution in [2.24, 2.45) is 0 Å². The van der Waals surface area contributed by atoms with Gasteiger partial charge in [-0.1, -0.05) is 0 Å². The summed E-state index contributed by atoms with van der Waals surface area (Å²) in [5.74, 6) is -0.161. The van der Waals surface area contributed by atoms with E-state index in [0.717, 1.165) is 6.55 Å². The molecule has 0 aliphatic rings. The van der Waals surface area contributed by atoms with Crippen molar-refractivity contribution < 1.29 is 13.0 Å². The minimum atomic E-state index is -3.88. The highest BCUT2D eigenvalue weighted by Gasteiger charge is 2.26. The SMILES string of the molecule is CC(=O)NCCC[Si](C)(F)F. The van der Waals surface area contributed by atoms with Gasteiger partial charge in [-0.2, -0.15) is 0 Å². The van der Waals surface area contributed by atoms with E-state index < -0.39 is 8.74 Å². The number of rotatable bonds is 4. The number of halogens is 2. The Morgan fingerprint density at radius 1 is 1.55 bits per heavy atom. The van der Waals surface area contributed by atoms with Crippen molar-refractivity contribution in [1.82, 2.24) is 5.32 Å². The van der Waals surface area contributed by atoms with Crippen LogP contribution in [0.1, 0.15) is 13.3 Å². The lowest BCUT2D eigenvalue weighted by atomic mass is 10.5. The molecule has 66 valence electrons. The van der Waals surface area contributed by atoms with Gasteiger partial charge in [0.25, 0.3) is 0 Å². The summed E-state index contributed by atoms with van der Waals surface area (Å²) in [7, 11) is -3.88. The Kier molecular flexibility index (Phi) is 4.25. The van der Waals surface area contributed by atoms with E-state index in [0.29, 0.717) is 13.0 Å². The van der Waals surface area contributed by atoms with Gasteiger partial charge in [0, 0.05) is 19.5 Å². The zero-order valence-electron chi connectivity index (χ0n) is 6.79. The number of hydrogen-bond acceptors (Lipinski definition) is 1. The second-order valence-corrected chi connectivity index (χ2v) is 5.30. The van der Waals surface area contributed by atoms with Crippen LogP contribution in [0.2, 0.25) is 12.6 Å². The maximum absolute atomic E-state index is 12.3. The lowest BCUT2D eigenvalue weighted by Gasteiger charge is -2.05. The van der Waals surface area contributed by atoms with Gasteiger partial charge in [-0.15, -0.1) is 0 Å². The first-order chi connectivity index (χ1) is 4.92. The lowest BCUT2D eigenvalue weighted by molar-refractivity contribution is -0.118. The third kappa shape index (κ3) is 9.55. The fourth-order valence-electron chi connectivity index (χ4n) is 0.663. The van der Waals surface area contributed by atoms with Crippen LogP contribution in [-0.2, 0) is 4.79 Å². The van der Waals surface area contributed by atoms with Crippen molar-refractivity contribution >= 4 is 14.6 Å². The lowest BCUT2D eigenvalue weighted by Crippen LogP contribution is -2.24. The van der Waals surface area contributed by atoms with E-state index in [1.165, 1.54) is 6.92 Å². The minimum absolute atomic E-state index is 0.0344. The summed E-state index contributed by atoms with van der Waals surface area (Å²) in [6.45, 7) is 2.76. The molecule has 0 atom stereocenters. The van der Waals surface area contributed by atoms with Gasteiger partial charge in [-0.3, -0.25) is 13.0 Å². The molecule has 11 heavy (non-hydrogen) atoms. The first-order valence-corrected chi connectivity index (χ1v) is 6.00. The van der Waals surface area contributed by atoms with Gasteiger partial charge < -0.3 is 5.32 Å². The van der Waals surface area contributed by atoms with Crippen LogP contribution in [0, 0.1) is 0 Å². The molecule has 0 saturated heterocycles. The Morgan fingerprint density at radius 2 is 2.09 bits per heavy atom. The largest absolute Gasteiger partial charge is 0.422 e. The van der Waals surface area contributed by atoms with Gasteiger partial charge in [-0.25, -0.2) is 0 Å². The maximum atomic E-state index is 12.3. The fraction of sp³-hybridized carbons (Fsp3) is 0.833. The van der Waals surface area contributed by atoms with Crippen molar-refractivity contribution in [1.29, 1.82) is 0 Å². The molecule has 0 heterocycles. The van der Waals surface area contributed by atoms with Crippen LogP contribution in [-0.4, -0.2) is 21.2 Å². The van der Waals surface area contributed by atoms with E-state index >= 15 is 0 Å². The van der Waals surface area contributed by atoms with Gasteiger partial charge in [0.2, 0.25) is 5.91 Å². The highest BCUT2D eigenvalue weighted by molar-refractivity contribution is 6.64. The van der Waals surface area contributed by atoms with E-state index in [-0.39, 0.29) is 12.0 Å². The van der Waals surface area contributed by atoms with E-state index in [1.54, 1.807) is 0 Å². The molecular weight excluding hydrogens is 168 g/mol. The number of hydrogen-bond donors (Lipinski definition) is 1. The Labute approximate surface area is 66.3 Å². The van der Waals surface area contributed by atoms with Gasteiger partial charge in [0.05, 0.1) is 0 Å². The monoisotopic (exact) mass is 181 g/mol. The number of amides is 1. The minimum Gasteiger partial charge on any atom is -0.356 e. The Bertz CT molecular complexity index is 135. The Hall–Kier alpha value is -0.453. The third-order valence-electron chi connectivity index (χ3n) is 1.17. The van der Waals surface area contributed by atoms with E-state index in [9.17, 15) is 13.0 Å². The number of carbonyl (C=O) groups excluding carboxylic acids is 1. The molecule has 0 radical (unpaired) electrons. The summed E-state index contributed by atoms with van der Waals surface area (Å²) in [5, 5.41) is 2.47. The van der Waals surface area contributed by atoms with Gasteiger partial charge in [0.15, 0.2) is 0 Å². The molecule has 0 fully saturated rings. The number of carbonyl (C=O) groups is 1. The molecule has 0 rings (SSSR count). The van der Waals surface area contributed by atoms with Crippen molar-refractivity contribution in [3.63, 3.8) is 0 Å². The number of nitrogens with one attached hydrogen (secondary N) is 1. The van der Waals surface area contributed by atoms with Crippen LogP contribution < -0.4 is 5.32 Å². The van der Waals surface area contributed by atoms with Crippen molar-refractivity contribution in [2.45, 2.75) is 25.9 Å². The molecule has 2 nitrogen and oxygen atoms in total. The molecule has 0 aromatic carbocycles. The van der Waals surface area contributed by atoms with Crippen molar-refractivity contribution in [2.75, 3.05) is 6.54 Å². The maximum Gasteiger partial charge on any atom is 0.422 e. The summed E-state index contributed by atoms with van der Waals surface area (Å²) in [4.78, 5) is 10.3. The molecule has 0 spiro atoms. The summed E-state index contributed by atoms with van der Waals surface area (Å²) in [5.41, 5.74) is 0. The molecular formula is C6H13F2NOSi. The average molecular weight is 181 g/mol. The van der Waals surface area contributed by atoms with Crippen LogP contribution in [0.4, 0.5) is 8.22 Å². The average Bonchev–Trinajstić information content (AvgIpc) is 1.78. The van der Waals surface area contributed by atoms with Crippen LogP contribution in [0.25, 0.3) is 0 Å². The third-order valence-corrected chi connectivity index (χ3v) is 2.40. The zero-order chi connectivity index (χ0) is 8.91. The molecule has 0 aliphatic heterocycles. The summed E-state index contributed by atoms with van der Waals surface area (Å²) in [6, 6.07) is -0.0344. The first kappa shape index (κ1) is 10.5. The smallest absolute Gasteiger partial charge is 0.356 e. The van der Waals surface area contributed by atoms with Crippen molar-refractivity contribution in [3.8, 4) is 0 Å². The predicted molar refractivity (Wildman–Crippen MR) is 41.9 cm³/mol. The standard InChI is InChI=1S/C6H13F2NOSi/c1-6(10)9-4-3-5-11(2,7)8/h3-5H2,1-2H3,(H,9,10). The molecule has 0 aromatic rings. The summed E-state index contributed by atoms with van der Waals surface area (Å²) >= 11 is 0. The zero-order valence-corrected chi connectivity index (χ0v) is 7.79. The quantitative estimate of drug-likeness (QED) is 0.398. The van der Waals surface area contributed by atoms with Crippen LogP contribution >= 0.6 is 0 Å². The van der Waals surface area contributed by atoms with Crippen LogP contribution in [0.3, 0.4) is 0 Å². The molecule has 0 unspecified atom stereocenters. The second kappa shape index (κ2) is 4.43. The van der Waals surface area contributed by atoms with Crippen molar-refractivity contribution in [3.05, 3.63) is 0 Å². The van der Waals surface area contributed by atoms with E-state index in [1.807, 2.05) is 0 Å². The molecule has 1 amide bonds. The topological polar surface area (TPSA) is 29.1 Å². The normalized spacial score (nSPS) is 11.3. The van der Waals surface area contributed by atoms with Gasteiger partial charge in [-0.05, 0) is 13.0 Å². The summed E-state index contributed by atoms with van der Waals surface area (Å²) < 4.78 is 24.5. The van der Waals surface area contributed by atoms with Crippen LogP contribution in [0.15, 0.2) is 0 Å². The van der Waals surface area contributed by atoms with E-state index in [2.05, 4.69) is 5.32 Å². The molecule has 0 bridgehead atoms. The molecule has 1 N–H and O–H groups in total.